The van der Waals surface area contributed by atoms with E-state index in [0.717, 1.165) is 6.26 Å². The molecule has 0 saturated carbocycles. The van der Waals surface area contributed by atoms with E-state index in [-0.39, 0.29) is 17.6 Å². The molecule has 1 aromatic carbocycles. The van der Waals surface area contributed by atoms with E-state index < -0.39 is 21.9 Å². The van der Waals surface area contributed by atoms with Crippen molar-refractivity contribution in [2.45, 2.75) is 29.9 Å². The standard InChI is InChI=1S/C13H16O6S/c1-20(16,17)11-5-2-9(3-6-11)18-8-10-4-7-12(19-10)13(14)15/h2-3,5-6,10,12H,4,7-8H2,1H3,(H,14,15). The second-order valence-electron chi connectivity index (χ2n) is 4.72. The summed E-state index contributed by atoms with van der Waals surface area (Å²) >= 11 is 0. The molecule has 1 N–H and O–H groups in total. The molecule has 1 aliphatic rings. The topological polar surface area (TPSA) is 89.9 Å². The molecule has 1 saturated heterocycles. The first-order valence-electron chi connectivity index (χ1n) is 6.17. The Labute approximate surface area is 117 Å². The van der Waals surface area contributed by atoms with Crippen LogP contribution in [-0.2, 0) is 19.4 Å². The van der Waals surface area contributed by atoms with Gasteiger partial charge in [0, 0.05) is 6.26 Å². The summed E-state index contributed by atoms with van der Waals surface area (Å²) in [6.07, 6.45) is 1.26. The molecular formula is C13H16O6S. The third-order valence-electron chi connectivity index (χ3n) is 3.07. The smallest absolute Gasteiger partial charge is 0.332 e. The molecule has 0 aliphatic carbocycles. The van der Waals surface area contributed by atoms with Crippen molar-refractivity contribution < 1.29 is 27.8 Å². The number of benzene rings is 1. The SMILES string of the molecule is CS(=O)(=O)c1ccc(OCC2CCC(C(=O)O)O2)cc1. The van der Waals surface area contributed by atoms with E-state index in [2.05, 4.69) is 0 Å². The van der Waals surface area contributed by atoms with Crippen molar-refractivity contribution in [1.82, 2.24) is 0 Å². The third kappa shape index (κ3) is 3.71. The van der Waals surface area contributed by atoms with Gasteiger partial charge in [-0.25, -0.2) is 13.2 Å². The molecule has 1 aliphatic heterocycles. The predicted molar refractivity (Wildman–Crippen MR) is 70.6 cm³/mol. The molecule has 6 nitrogen and oxygen atoms in total. The van der Waals surface area contributed by atoms with E-state index in [1.54, 1.807) is 12.1 Å². The normalized spacial score (nSPS) is 22.6. The van der Waals surface area contributed by atoms with E-state index >= 15 is 0 Å². The van der Waals surface area contributed by atoms with Crippen LogP contribution in [0.2, 0.25) is 0 Å². The average Bonchev–Trinajstić information content (AvgIpc) is 2.85. The van der Waals surface area contributed by atoms with Crippen LogP contribution in [0, 0.1) is 0 Å². The van der Waals surface area contributed by atoms with Crippen LogP contribution in [0.15, 0.2) is 29.2 Å². The maximum atomic E-state index is 11.3. The quantitative estimate of drug-likeness (QED) is 0.876. The second-order valence-corrected chi connectivity index (χ2v) is 6.73. The number of aliphatic carboxylic acids is 1. The number of carboxylic acids is 1. The molecule has 1 heterocycles. The summed E-state index contributed by atoms with van der Waals surface area (Å²) < 4.78 is 33.4. The van der Waals surface area contributed by atoms with Gasteiger partial charge < -0.3 is 14.6 Å². The van der Waals surface area contributed by atoms with Crippen LogP contribution in [0.25, 0.3) is 0 Å². The molecule has 0 radical (unpaired) electrons. The van der Waals surface area contributed by atoms with Crippen LogP contribution in [0.1, 0.15) is 12.8 Å². The highest BCUT2D eigenvalue weighted by Gasteiger charge is 2.30. The van der Waals surface area contributed by atoms with Gasteiger partial charge in [-0.15, -0.1) is 0 Å². The fraction of sp³-hybridized carbons (Fsp3) is 0.462. The highest BCUT2D eigenvalue weighted by atomic mass is 32.2. The van der Waals surface area contributed by atoms with Crippen LogP contribution in [0.5, 0.6) is 5.75 Å². The van der Waals surface area contributed by atoms with Gasteiger partial charge in [0.25, 0.3) is 0 Å². The summed E-state index contributed by atoms with van der Waals surface area (Å²) in [4.78, 5) is 11.0. The zero-order valence-corrected chi connectivity index (χ0v) is 11.8. The van der Waals surface area contributed by atoms with Crippen molar-refractivity contribution in [3.8, 4) is 5.75 Å². The van der Waals surface area contributed by atoms with Gasteiger partial charge in [0.15, 0.2) is 15.9 Å². The molecule has 20 heavy (non-hydrogen) atoms. The van der Waals surface area contributed by atoms with Gasteiger partial charge >= 0.3 is 5.97 Å². The average molecular weight is 300 g/mol. The molecule has 2 atom stereocenters. The maximum absolute atomic E-state index is 11.3. The Bertz CT molecular complexity index is 577. The molecule has 2 unspecified atom stereocenters. The van der Waals surface area contributed by atoms with Crippen LogP contribution in [0.4, 0.5) is 0 Å². The molecule has 1 aromatic rings. The van der Waals surface area contributed by atoms with Gasteiger partial charge in [-0.2, -0.15) is 0 Å². The summed E-state index contributed by atoms with van der Waals surface area (Å²) in [6.45, 7) is 0.252. The minimum Gasteiger partial charge on any atom is -0.491 e. The van der Waals surface area contributed by atoms with Crippen molar-refractivity contribution in [2.75, 3.05) is 12.9 Å². The monoisotopic (exact) mass is 300 g/mol. The van der Waals surface area contributed by atoms with Gasteiger partial charge in [0.1, 0.15) is 12.4 Å². The summed E-state index contributed by atoms with van der Waals surface area (Å²) in [6, 6.07) is 6.08. The van der Waals surface area contributed by atoms with Gasteiger partial charge in [-0.1, -0.05) is 0 Å². The maximum Gasteiger partial charge on any atom is 0.332 e. The van der Waals surface area contributed by atoms with Gasteiger partial charge in [0.2, 0.25) is 0 Å². The number of rotatable bonds is 5. The van der Waals surface area contributed by atoms with Crippen molar-refractivity contribution in [2.24, 2.45) is 0 Å². The van der Waals surface area contributed by atoms with Crippen LogP contribution >= 0.6 is 0 Å². The Morgan fingerprint density at radius 3 is 2.50 bits per heavy atom. The summed E-state index contributed by atoms with van der Waals surface area (Å²) in [5.74, 6) is -0.426. The first kappa shape index (κ1) is 14.8. The fourth-order valence-electron chi connectivity index (χ4n) is 1.98. The van der Waals surface area contributed by atoms with E-state index in [0.29, 0.717) is 18.6 Å². The number of hydrogen-bond acceptors (Lipinski definition) is 5. The lowest BCUT2D eigenvalue weighted by atomic mass is 10.2. The van der Waals surface area contributed by atoms with Crippen LogP contribution < -0.4 is 4.74 Å². The highest BCUT2D eigenvalue weighted by Crippen LogP contribution is 2.22. The van der Waals surface area contributed by atoms with Gasteiger partial charge in [-0.3, -0.25) is 0 Å². The lowest BCUT2D eigenvalue weighted by molar-refractivity contribution is -0.149. The second kappa shape index (κ2) is 5.80. The van der Waals surface area contributed by atoms with Crippen molar-refractivity contribution in [1.29, 1.82) is 0 Å². The molecular weight excluding hydrogens is 284 g/mol. The zero-order valence-electron chi connectivity index (χ0n) is 11.0. The van der Waals surface area contributed by atoms with E-state index in [1.807, 2.05) is 0 Å². The molecule has 110 valence electrons. The molecule has 0 aromatic heterocycles. The van der Waals surface area contributed by atoms with Crippen molar-refractivity contribution in [3.63, 3.8) is 0 Å². The molecule has 0 bridgehead atoms. The highest BCUT2D eigenvalue weighted by molar-refractivity contribution is 7.90. The van der Waals surface area contributed by atoms with Crippen LogP contribution in [-0.4, -0.2) is 44.6 Å². The Morgan fingerprint density at radius 1 is 1.35 bits per heavy atom. The Balaban J connectivity index is 1.88. The minimum absolute atomic E-state index is 0.230. The zero-order chi connectivity index (χ0) is 14.8. The van der Waals surface area contributed by atoms with E-state index in [4.69, 9.17) is 14.6 Å². The summed E-state index contributed by atoms with van der Waals surface area (Å²) in [5, 5.41) is 8.80. The number of hydrogen-bond donors (Lipinski definition) is 1. The van der Waals surface area contributed by atoms with Crippen molar-refractivity contribution in [3.05, 3.63) is 24.3 Å². The molecule has 1 fully saturated rings. The third-order valence-corrected chi connectivity index (χ3v) is 4.20. The van der Waals surface area contributed by atoms with E-state index in [9.17, 15) is 13.2 Å². The Hall–Kier alpha value is -1.60. The van der Waals surface area contributed by atoms with Crippen LogP contribution in [0.3, 0.4) is 0 Å². The largest absolute Gasteiger partial charge is 0.491 e. The lowest BCUT2D eigenvalue weighted by Crippen LogP contribution is -2.23. The van der Waals surface area contributed by atoms with Crippen molar-refractivity contribution >= 4 is 15.8 Å². The first-order chi connectivity index (χ1) is 9.36. The Morgan fingerprint density at radius 2 is 2.00 bits per heavy atom. The molecule has 0 spiro atoms. The predicted octanol–water partition coefficient (Wildman–Crippen LogP) is 1.10. The van der Waals surface area contributed by atoms with Gasteiger partial charge in [0.05, 0.1) is 11.0 Å². The number of ether oxygens (including phenoxy) is 2. The number of carbonyl (C=O) groups is 1. The molecule has 2 rings (SSSR count). The summed E-state index contributed by atoms with van der Waals surface area (Å²) in [5.41, 5.74) is 0. The first-order valence-corrected chi connectivity index (χ1v) is 8.06. The number of carboxylic acid groups (broad SMARTS) is 1. The van der Waals surface area contributed by atoms with Gasteiger partial charge in [-0.05, 0) is 37.1 Å². The fourth-order valence-corrected chi connectivity index (χ4v) is 2.61. The molecule has 0 amide bonds. The summed E-state index contributed by atoms with van der Waals surface area (Å²) in [7, 11) is -3.21. The lowest BCUT2D eigenvalue weighted by Gasteiger charge is -2.12. The van der Waals surface area contributed by atoms with E-state index in [1.165, 1.54) is 12.1 Å². The Kier molecular flexibility index (Phi) is 4.29. The molecule has 7 heteroatoms. The number of sulfone groups is 1. The minimum atomic E-state index is -3.21.